The van der Waals surface area contributed by atoms with Gasteiger partial charge in [-0.05, 0) is 18.9 Å². The van der Waals surface area contributed by atoms with E-state index >= 15 is 0 Å². The zero-order chi connectivity index (χ0) is 21.4. The maximum absolute atomic E-state index is 12.0. The van der Waals surface area contributed by atoms with E-state index in [0.717, 1.165) is 25.7 Å². The molecule has 6 nitrogen and oxygen atoms in total. The van der Waals surface area contributed by atoms with Crippen molar-refractivity contribution in [2.24, 2.45) is 5.73 Å². The molecule has 0 spiro atoms. The molecule has 2 N–H and O–H groups in total. The molecule has 29 heavy (non-hydrogen) atoms. The molecule has 0 saturated carbocycles. The molecular formula is C22H40FNO5. The van der Waals surface area contributed by atoms with Crippen LogP contribution in [0.1, 0.15) is 51.9 Å². The molecule has 0 unspecified atom stereocenters. The fourth-order valence-electron chi connectivity index (χ4n) is 2.30. The molecule has 0 aliphatic heterocycles. The number of carbonyl (C=O) groups is 1. The van der Waals surface area contributed by atoms with Gasteiger partial charge in [0.2, 0.25) is 0 Å². The van der Waals surface area contributed by atoms with E-state index in [-0.39, 0.29) is 5.83 Å². The maximum Gasteiger partial charge on any atom is 0.135 e. The molecule has 1 aliphatic rings. The van der Waals surface area contributed by atoms with Gasteiger partial charge < -0.3 is 24.7 Å². The van der Waals surface area contributed by atoms with Crippen molar-refractivity contribution < 1.29 is 28.1 Å². The molecule has 0 aromatic rings. The van der Waals surface area contributed by atoms with Gasteiger partial charge in [-0.3, -0.25) is 4.79 Å². The summed E-state index contributed by atoms with van der Waals surface area (Å²) in [6, 6.07) is 0. The molecule has 170 valence electrons. The van der Waals surface area contributed by atoms with Crippen LogP contribution >= 0.6 is 0 Å². The van der Waals surface area contributed by atoms with Crippen LogP contribution in [0.25, 0.3) is 0 Å². The average Bonchev–Trinajstić information content (AvgIpc) is 2.73. The van der Waals surface area contributed by atoms with Gasteiger partial charge in [0.15, 0.2) is 0 Å². The summed E-state index contributed by atoms with van der Waals surface area (Å²) in [6.07, 6.45) is 11.1. The zero-order valence-electron chi connectivity index (χ0n) is 18.0. The molecule has 1 rings (SSSR count). The number of carbonyl (C=O) groups excluding carboxylic acids is 1. The molecular weight excluding hydrogens is 377 g/mol. The second-order valence-corrected chi connectivity index (χ2v) is 6.56. The maximum atomic E-state index is 12.0. The van der Waals surface area contributed by atoms with Crippen molar-refractivity contribution in [3.05, 3.63) is 24.1 Å². The summed E-state index contributed by atoms with van der Waals surface area (Å²) < 4.78 is 33.2. The Labute approximate surface area is 175 Å². The summed E-state index contributed by atoms with van der Waals surface area (Å²) in [4.78, 5) is 11.5. The van der Waals surface area contributed by atoms with Gasteiger partial charge in [-0.1, -0.05) is 31.9 Å². The highest BCUT2D eigenvalue weighted by Crippen LogP contribution is 2.11. The number of hydrogen-bond donors (Lipinski definition) is 1. The fraction of sp³-hybridized carbons (Fsp3) is 0.773. The number of ketones is 1. The second kappa shape index (κ2) is 23.2. The van der Waals surface area contributed by atoms with E-state index in [1.807, 2.05) is 6.08 Å². The smallest absolute Gasteiger partial charge is 0.135 e. The first-order valence-electron chi connectivity index (χ1n) is 10.7. The van der Waals surface area contributed by atoms with Crippen LogP contribution in [0, 0.1) is 0 Å². The van der Waals surface area contributed by atoms with Gasteiger partial charge in [-0.15, -0.1) is 0 Å². The minimum Gasteiger partial charge on any atom is -0.379 e. The highest BCUT2D eigenvalue weighted by atomic mass is 19.1. The molecule has 1 aliphatic carbocycles. The number of ether oxygens (including phenoxy) is 4. The lowest BCUT2D eigenvalue weighted by Crippen LogP contribution is -2.14. The molecule has 0 aromatic carbocycles. The van der Waals surface area contributed by atoms with Crippen molar-refractivity contribution in [1.82, 2.24) is 0 Å². The predicted molar refractivity (Wildman–Crippen MR) is 114 cm³/mol. The Hall–Kier alpha value is -1.12. The van der Waals surface area contributed by atoms with Crippen molar-refractivity contribution in [2.75, 3.05) is 59.4 Å². The number of halogens is 1. The molecule has 0 amide bonds. The second-order valence-electron chi connectivity index (χ2n) is 6.56. The van der Waals surface area contributed by atoms with E-state index in [0.29, 0.717) is 84.4 Å². The molecule has 0 atom stereocenters. The SMILES string of the molecule is CCCCCC(=O)CCOCCOCCOCCOCCN.FC1=CC=CCC1. The number of Topliss-reactive ketones (excluding diaryl/α,β-unsaturated/α-hetero) is 1. The van der Waals surface area contributed by atoms with Crippen LogP contribution in [-0.2, 0) is 23.7 Å². The molecule has 0 bridgehead atoms. The average molecular weight is 418 g/mol. The van der Waals surface area contributed by atoms with Crippen LogP contribution in [0.5, 0.6) is 0 Å². The van der Waals surface area contributed by atoms with E-state index < -0.39 is 0 Å². The van der Waals surface area contributed by atoms with Gasteiger partial charge >= 0.3 is 0 Å². The zero-order valence-corrected chi connectivity index (χ0v) is 18.0. The highest BCUT2D eigenvalue weighted by Gasteiger charge is 2.01. The number of nitrogens with two attached hydrogens (primary N) is 1. The van der Waals surface area contributed by atoms with E-state index in [1.165, 1.54) is 6.08 Å². The lowest BCUT2D eigenvalue weighted by molar-refractivity contribution is -0.120. The monoisotopic (exact) mass is 417 g/mol. The molecule has 0 heterocycles. The molecule has 0 aromatic heterocycles. The largest absolute Gasteiger partial charge is 0.379 e. The van der Waals surface area contributed by atoms with Crippen LogP contribution in [0.4, 0.5) is 4.39 Å². The fourth-order valence-corrected chi connectivity index (χ4v) is 2.30. The van der Waals surface area contributed by atoms with Crippen molar-refractivity contribution in [1.29, 1.82) is 0 Å². The van der Waals surface area contributed by atoms with E-state index in [2.05, 4.69) is 6.92 Å². The van der Waals surface area contributed by atoms with E-state index in [4.69, 9.17) is 24.7 Å². The van der Waals surface area contributed by atoms with Gasteiger partial charge in [0.25, 0.3) is 0 Å². The topological polar surface area (TPSA) is 80.0 Å². The summed E-state index contributed by atoms with van der Waals surface area (Å²) in [5, 5.41) is 0. The van der Waals surface area contributed by atoms with Crippen LogP contribution in [0.2, 0.25) is 0 Å². The molecule has 0 radical (unpaired) electrons. The van der Waals surface area contributed by atoms with Gasteiger partial charge in [-0.2, -0.15) is 0 Å². The first-order chi connectivity index (χ1) is 14.2. The Bertz CT molecular complexity index is 429. The van der Waals surface area contributed by atoms with Crippen LogP contribution in [-0.4, -0.2) is 65.2 Å². The van der Waals surface area contributed by atoms with E-state index in [1.54, 1.807) is 6.08 Å². The van der Waals surface area contributed by atoms with Crippen molar-refractivity contribution >= 4 is 5.78 Å². The van der Waals surface area contributed by atoms with Crippen molar-refractivity contribution in [3.8, 4) is 0 Å². The lowest BCUT2D eigenvalue weighted by atomic mass is 10.1. The Kier molecular flexibility index (Phi) is 22.3. The van der Waals surface area contributed by atoms with Crippen LogP contribution in [0.3, 0.4) is 0 Å². The minimum atomic E-state index is 0.00231. The van der Waals surface area contributed by atoms with Crippen molar-refractivity contribution in [3.63, 3.8) is 0 Å². The Morgan fingerprint density at radius 3 is 1.97 bits per heavy atom. The number of unbranched alkanes of at least 4 members (excludes halogenated alkanes) is 2. The Balaban J connectivity index is 0.000000929. The third-order valence-corrected chi connectivity index (χ3v) is 3.93. The quantitative estimate of drug-likeness (QED) is 0.342. The Morgan fingerprint density at radius 1 is 0.931 bits per heavy atom. The lowest BCUT2D eigenvalue weighted by Gasteiger charge is -2.07. The van der Waals surface area contributed by atoms with Crippen LogP contribution in [0.15, 0.2) is 24.1 Å². The molecule has 0 saturated heterocycles. The summed E-state index contributed by atoms with van der Waals surface area (Å²) in [7, 11) is 0. The summed E-state index contributed by atoms with van der Waals surface area (Å²) in [5.74, 6) is 0.294. The number of allylic oxidation sites excluding steroid dienone is 4. The first-order valence-corrected chi connectivity index (χ1v) is 10.7. The third kappa shape index (κ3) is 23.0. The number of rotatable bonds is 18. The van der Waals surface area contributed by atoms with Gasteiger partial charge in [0.05, 0.1) is 52.9 Å². The standard InChI is InChI=1S/C16H33NO5.C6H7F/c1-2-3-4-5-16(18)6-8-19-10-12-21-14-15-22-13-11-20-9-7-17;7-6-4-2-1-3-5-6/h2-15,17H2,1H3;1-2,4H,3,5H2. The summed E-state index contributed by atoms with van der Waals surface area (Å²) in [5.41, 5.74) is 5.29. The van der Waals surface area contributed by atoms with Gasteiger partial charge in [0, 0.05) is 25.8 Å². The predicted octanol–water partition coefficient (Wildman–Crippen LogP) is 3.74. The normalized spacial score (nSPS) is 13.0. The van der Waals surface area contributed by atoms with Gasteiger partial charge in [0.1, 0.15) is 11.6 Å². The minimum absolute atomic E-state index is 0.00231. The third-order valence-electron chi connectivity index (χ3n) is 3.93. The van der Waals surface area contributed by atoms with Gasteiger partial charge in [-0.25, -0.2) is 4.39 Å². The highest BCUT2D eigenvalue weighted by molar-refractivity contribution is 5.78. The first kappa shape index (κ1) is 27.9. The molecule has 7 heteroatoms. The summed E-state index contributed by atoms with van der Waals surface area (Å²) >= 11 is 0. The van der Waals surface area contributed by atoms with Crippen molar-refractivity contribution in [2.45, 2.75) is 51.9 Å². The number of hydrogen-bond acceptors (Lipinski definition) is 6. The Morgan fingerprint density at radius 2 is 1.52 bits per heavy atom. The molecule has 0 fully saturated rings. The van der Waals surface area contributed by atoms with E-state index in [9.17, 15) is 9.18 Å². The summed E-state index contributed by atoms with van der Waals surface area (Å²) in [6.45, 7) is 6.97. The van der Waals surface area contributed by atoms with Crippen LogP contribution < -0.4 is 5.73 Å².